The van der Waals surface area contributed by atoms with E-state index in [0.29, 0.717) is 38.6 Å². The number of benzene rings is 2. The lowest BCUT2D eigenvalue weighted by molar-refractivity contribution is 0.0787. The molecule has 9 heteroatoms. The molecule has 7 nitrogen and oxygen atoms in total. The molecular formula is C23H22ClN3O4S. The molecular weight excluding hydrogens is 450 g/mol. The van der Waals surface area contributed by atoms with Gasteiger partial charge in [-0.15, -0.1) is 11.3 Å². The monoisotopic (exact) mass is 471 g/mol. The molecule has 166 valence electrons. The predicted octanol–water partition coefficient (Wildman–Crippen LogP) is 5.03. The number of carbonyl (C=O) groups is 2. The second-order valence-corrected chi connectivity index (χ2v) is 8.42. The Labute approximate surface area is 195 Å². The summed E-state index contributed by atoms with van der Waals surface area (Å²) in [5, 5.41) is 2.38. The normalized spacial score (nSPS) is 13.2. The quantitative estimate of drug-likeness (QED) is 0.504. The third kappa shape index (κ3) is 4.28. The van der Waals surface area contributed by atoms with Gasteiger partial charge in [-0.25, -0.2) is 4.98 Å². The highest BCUT2D eigenvalue weighted by atomic mass is 35.5. The Bertz CT molecular complexity index is 1140. The molecule has 2 aromatic carbocycles. The smallest absolute Gasteiger partial charge is 0.273 e. The first kappa shape index (κ1) is 22.1. The van der Waals surface area contributed by atoms with Crippen LogP contribution >= 0.6 is 22.9 Å². The van der Waals surface area contributed by atoms with Gasteiger partial charge in [0.25, 0.3) is 11.8 Å². The fourth-order valence-corrected chi connectivity index (χ4v) is 4.61. The zero-order chi connectivity index (χ0) is 22.7. The zero-order valence-corrected chi connectivity index (χ0v) is 19.3. The van der Waals surface area contributed by atoms with E-state index in [2.05, 4.69) is 4.98 Å². The molecule has 0 atom stereocenters. The maximum absolute atomic E-state index is 13.6. The van der Waals surface area contributed by atoms with Crippen LogP contribution in [0.15, 0.2) is 47.8 Å². The van der Waals surface area contributed by atoms with Gasteiger partial charge in [0, 0.05) is 24.5 Å². The summed E-state index contributed by atoms with van der Waals surface area (Å²) in [6.45, 7) is 1.45. The van der Waals surface area contributed by atoms with Gasteiger partial charge in [-0.1, -0.05) is 23.7 Å². The second-order valence-electron chi connectivity index (χ2n) is 7.17. The number of anilines is 2. The number of halogens is 1. The van der Waals surface area contributed by atoms with Crippen molar-refractivity contribution in [2.45, 2.75) is 12.8 Å². The number of ether oxygens (including phenoxy) is 2. The van der Waals surface area contributed by atoms with Crippen LogP contribution in [0.2, 0.25) is 5.02 Å². The number of hydrogen-bond donors (Lipinski definition) is 0. The van der Waals surface area contributed by atoms with Gasteiger partial charge < -0.3 is 14.4 Å². The summed E-state index contributed by atoms with van der Waals surface area (Å²) < 4.78 is 10.7. The van der Waals surface area contributed by atoms with E-state index >= 15 is 0 Å². The van der Waals surface area contributed by atoms with Crippen molar-refractivity contribution in [3.63, 3.8) is 0 Å². The maximum atomic E-state index is 13.6. The lowest BCUT2D eigenvalue weighted by Gasteiger charge is -2.22. The molecule has 3 aromatic rings. The highest BCUT2D eigenvalue weighted by Crippen LogP contribution is 2.37. The number of methoxy groups -OCH3 is 2. The predicted molar refractivity (Wildman–Crippen MR) is 125 cm³/mol. The molecule has 1 aliphatic rings. The fourth-order valence-electron chi connectivity index (χ4n) is 3.58. The summed E-state index contributed by atoms with van der Waals surface area (Å²) in [6.07, 6.45) is 1.98. The third-order valence-corrected chi connectivity index (χ3v) is 6.38. The van der Waals surface area contributed by atoms with Crippen LogP contribution in [0, 0.1) is 0 Å². The van der Waals surface area contributed by atoms with Crippen LogP contribution in [-0.2, 0) is 0 Å². The first-order chi connectivity index (χ1) is 15.5. The van der Waals surface area contributed by atoms with Crippen LogP contribution in [0.1, 0.15) is 33.7 Å². The minimum atomic E-state index is -0.364. The highest BCUT2D eigenvalue weighted by Gasteiger charge is 2.28. The van der Waals surface area contributed by atoms with E-state index in [1.807, 2.05) is 0 Å². The Morgan fingerprint density at radius 2 is 1.78 bits per heavy atom. The number of carbonyl (C=O) groups excluding carboxylic acids is 2. The van der Waals surface area contributed by atoms with E-state index in [4.69, 9.17) is 21.1 Å². The van der Waals surface area contributed by atoms with Crippen molar-refractivity contribution in [3.8, 4) is 11.5 Å². The van der Waals surface area contributed by atoms with E-state index in [9.17, 15) is 9.59 Å². The first-order valence-corrected chi connectivity index (χ1v) is 11.3. The summed E-state index contributed by atoms with van der Waals surface area (Å²) >= 11 is 7.54. The SMILES string of the molecule is COc1ccc(N(C(=O)c2ccccc2Cl)c2nc(C(=O)N3CCCC3)cs2)cc1OC. The summed E-state index contributed by atoms with van der Waals surface area (Å²) in [6, 6.07) is 12.0. The molecule has 0 spiro atoms. The molecule has 4 rings (SSSR count). The van der Waals surface area contributed by atoms with Crippen molar-refractivity contribution in [2.75, 3.05) is 32.2 Å². The van der Waals surface area contributed by atoms with Crippen LogP contribution in [-0.4, -0.2) is 49.0 Å². The Morgan fingerprint density at radius 1 is 1.06 bits per heavy atom. The Morgan fingerprint density at radius 3 is 2.47 bits per heavy atom. The summed E-state index contributed by atoms with van der Waals surface area (Å²) in [5.41, 5.74) is 1.16. The average Bonchev–Trinajstić information content (AvgIpc) is 3.52. The second kappa shape index (κ2) is 9.58. The fraction of sp³-hybridized carbons (Fsp3) is 0.261. The first-order valence-electron chi connectivity index (χ1n) is 10.1. The minimum absolute atomic E-state index is 0.123. The van der Waals surface area contributed by atoms with Gasteiger partial charge >= 0.3 is 0 Å². The molecule has 0 bridgehead atoms. The number of rotatable bonds is 6. The summed E-state index contributed by atoms with van der Waals surface area (Å²) in [4.78, 5) is 34.2. The van der Waals surface area contributed by atoms with Gasteiger partial charge in [0.15, 0.2) is 16.6 Å². The van der Waals surface area contributed by atoms with E-state index < -0.39 is 0 Å². The van der Waals surface area contributed by atoms with E-state index in [0.717, 1.165) is 25.9 Å². The molecule has 1 aliphatic heterocycles. The number of likely N-dealkylation sites (tertiary alicyclic amines) is 1. The van der Waals surface area contributed by atoms with Gasteiger partial charge in [0.05, 0.1) is 30.5 Å². The van der Waals surface area contributed by atoms with Gasteiger partial charge in [0.1, 0.15) is 5.69 Å². The van der Waals surface area contributed by atoms with E-state index in [1.165, 1.54) is 23.3 Å². The van der Waals surface area contributed by atoms with Gasteiger partial charge in [-0.05, 0) is 37.1 Å². The van der Waals surface area contributed by atoms with E-state index in [-0.39, 0.29) is 11.8 Å². The molecule has 1 saturated heterocycles. The van der Waals surface area contributed by atoms with Crippen molar-refractivity contribution in [3.05, 3.63) is 64.1 Å². The molecule has 0 aliphatic carbocycles. The van der Waals surface area contributed by atoms with Gasteiger partial charge in [-0.3, -0.25) is 14.5 Å². The Balaban J connectivity index is 1.77. The molecule has 2 amide bonds. The Hall–Kier alpha value is -3.10. The van der Waals surface area contributed by atoms with Crippen molar-refractivity contribution in [1.29, 1.82) is 0 Å². The molecule has 0 N–H and O–H groups in total. The van der Waals surface area contributed by atoms with Crippen molar-refractivity contribution in [2.24, 2.45) is 0 Å². The van der Waals surface area contributed by atoms with Gasteiger partial charge in [-0.2, -0.15) is 0 Å². The number of hydrogen-bond acceptors (Lipinski definition) is 6. The van der Waals surface area contributed by atoms with Crippen LogP contribution in [0.4, 0.5) is 10.8 Å². The number of amides is 2. The number of nitrogens with zero attached hydrogens (tertiary/aromatic N) is 3. The molecule has 32 heavy (non-hydrogen) atoms. The van der Waals surface area contributed by atoms with Crippen LogP contribution in [0.5, 0.6) is 11.5 Å². The molecule has 2 heterocycles. The molecule has 1 fully saturated rings. The largest absolute Gasteiger partial charge is 0.493 e. The topological polar surface area (TPSA) is 72.0 Å². The van der Waals surface area contributed by atoms with Crippen molar-refractivity contribution in [1.82, 2.24) is 9.88 Å². The maximum Gasteiger partial charge on any atom is 0.273 e. The van der Waals surface area contributed by atoms with Crippen LogP contribution in [0.25, 0.3) is 0 Å². The average molecular weight is 472 g/mol. The van der Waals surface area contributed by atoms with Crippen LogP contribution in [0.3, 0.4) is 0 Å². The van der Waals surface area contributed by atoms with Crippen molar-refractivity contribution >= 4 is 45.6 Å². The lowest BCUT2D eigenvalue weighted by atomic mass is 10.1. The van der Waals surface area contributed by atoms with E-state index in [1.54, 1.807) is 59.9 Å². The number of thiazole rings is 1. The summed E-state index contributed by atoms with van der Waals surface area (Å²) in [7, 11) is 3.07. The highest BCUT2D eigenvalue weighted by molar-refractivity contribution is 7.14. The van der Waals surface area contributed by atoms with Crippen LogP contribution < -0.4 is 14.4 Å². The molecule has 0 saturated carbocycles. The van der Waals surface area contributed by atoms with Crippen molar-refractivity contribution < 1.29 is 19.1 Å². The minimum Gasteiger partial charge on any atom is -0.493 e. The third-order valence-electron chi connectivity index (χ3n) is 5.23. The molecule has 1 aromatic heterocycles. The number of aromatic nitrogens is 1. The standard InChI is InChI=1S/C23H22ClN3O4S/c1-30-19-10-9-15(13-20(19)31-2)27(21(28)16-7-3-4-8-17(16)24)23-25-18(14-32-23)22(29)26-11-5-6-12-26/h3-4,7-10,13-14H,5-6,11-12H2,1-2H3. The zero-order valence-electron chi connectivity index (χ0n) is 17.7. The molecule has 0 radical (unpaired) electrons. The molecule has 0 unspecified atom stereocenters. The summed E-state index contributed by atoms with van der Waals surface area (Å²) in [5.74, 6) is 0.511. The lowest BCUT2D eigenvalue weighted by Crippen LogP contribution is -2.29. The van der Waals surface area contributed by atoms with Gasteiger partial charge in [0.2, 0.25) is 0 Å². The Kier molecular flexibility index (Phi) is 6.62.